The fourth-order valence-electron chi connectivity index (χ4n) is 4.12. The molecule has 172 valence electrons. The molecule has 2 aromatic carbocycles. The first-order chi connectivity index (χ1) is 16.5. The van der Waals surface area contributed by atoms with Crippen LogP contribution in [0.25, 0.3) is 11.1 Å². The molecule has 0 saturated carbocycles. The molecular formula is C25H21N3O5S. The number of hydrogen-bond donors (Lipinski definition) is 0. The van der Waals surface area contributed by atoms with Crippen LogP contribution in [-0.4, -0.2) is 33.8 Å². The third-order valence-electron chi connectivity index (χ3n) is 5.77. The summed E-state index contributed by atoms with van der Waals surface area (Å²) in [7, 11) is 1.53. The van der Waals surface area contributed by atoms with Gasteiger partial charge in [-0.1, -0.05) is 42.5 Å². The number of fused-ring (bicyclic) bond motifs is 2. The Kier molecular flexibility index (Phi) is 5.70. The van der Waals surface area contributed by atoms with Gasteiger partial charge in [-0.25, -0.2) is 9.78 Å². The monoisotopic (exact) mass is 475 g/mol. The number of amides is 1. The van der Waals surface area contributed by atoms with E-state index in [4.69, 9.17) is 9.15 Å². The average Bonchev–Trinajstić information content (AvgIpc) is 3.21. The van der Waals surface area contributed by atoms with Crippen molar-refractivity contribution >= 4 is 40.4 Å². The number of nitrogens with zero attached hydrogens (tertiary/aromatic N) is 3. The van der Waals surface area contributed by atoms with E-state index < -0.39 is 18.1 Å². The number of para-hydroxylation sites is 1. The van der Waals surface area contributed by atoms with Gasteiger partial charge in [0.2, 0.25) is 5.71 Å². The molecule has 1 unspecified atom stereocenters. The lowest BCUT2D eigenvalue weighted by molar-refractivity contribution is -0.122. The van der Waals surface area contributed by atoms with Gasteiger partial charge < -0.3 is 13.7 Å². The number of furan rings is 1. The van der Waals surface area contributed by atoms with E-state index in [2.05, 4.69) is 4.98 Å². The number of carbonyl (C=O) groups is 2. The molecule has 4 aromatic rings. The van der Waals surface area contributed by atoms with Crippen LogP contribution < -0.4 is 10.5 Å². The third kappa shape index (κ3) is 3.77. The van der Waals surface area contributed by atoms with Crippen molar-refractivity contribution in [3.8, 4) is 0 Å². The lowest BCUT2D eigenvalue weighted by Crippen LogP contribution is -2.41. The van der Waals surface area contributed by atoms with E-state index in [1.807, 2.05) is 54.6 Å². The first-order valence-corrected chi connectivity index (χ1v) is 11.6. The molecule has 34 heavy (non-hydrogen) atoms. The Bertz CT molecular complexity index is 1460. The van der Waals surface area contributed by atoms with Crippen molar-refractivity contribution in [1.29, 1.82) is 0 Å². The van der Waals surface area contributed by atoms with Crippen LogP contribution in [0.1, 0.15) is 27.7 Å². The summed E-state index contributed by atoms with van der Waals surface area (Å²) >= 11 is 1.68. The summed E-state index contributed by atoms with van der Waals surface area (Å²) in [6, 6.07) is 17.2. The highest BCUT2D eigenvalue weighted by molar-refractivity contribution is 7.99. The number of benzene rings is 2. The van der Waals surface area contributed by atoms with Crippen molar-refractivity contribution in [2.24, 2.45) is 7.05 Å². The predicted molar refractivity (Wildman–Crippen MR) is 128 cm³/mol. The van der Waals surface area contributed by atoms with E-state index in [1.165, 1.54) is 17.9 Å². The zero-order chi connectivity index (χ0) is 23.8. The quantitative estimate of drug-likeness (QED) is 0.414. The van der Waals surface area contributed by atoms with E-state index in [0.717, 1.165) is 16.1 Å². The molecule has 1 aliphatic rings. The molecule has 0 aliphatic carbocycles. The smallest absolute Gasteiger partial charge is 0.343 e. The fraction of sp³-hybridized carbons (Fsp3) is 0.200. The number of carbonyl (C=O) groups excluding carboxylic acids is 2. The Hall–Kier alpha value is -3.85. The summed E-state index contributed by atoms with van der Waals surface area (Å²) in [5.41, 5.74) is 1.40. The molecule has 5 rings (SSSR count). The number of rotatable bonds is 4. The second-order valence-corrected chi connectivity index (χ2v) is 8.98. The minimum atomic E-state index is -0.800. The molecule has 2 aromatic heterocycles. The lowest BCUT2D eigenvalue weighted by atomic mass is 10.1. The number of aryl methyl sites for hydroxylation is 2. The number of hydrogen-bond acceptors (Lipinski definition) is 7. The lowest BCUT2D eigenvalue weighted by Gasteiger charge is -2.37. The summed E-state index contributed by atoms with van der Waals surface area (Å²) < 4.78 is 12.1. The van der Waals surface area contributed by atoms with Crippen LogP contribution in [0, 0.1) is 6.92 Å². The SMILES string of the molecule is Cc1oc2ncn(C)c(=O)c2c1C(=O)OCC(=O)N1c2ccccc2SCC1c1ccccc1. The van der Waals surface area contributed by atoms with Crippen molar-refractivity contribution in [2.45, 2.75) is 17.9 Å². The molecule has 0 bridgehead atoms. The molecule has 0 N–H and O–H groups in total. The highest BCUT2D eigenvalue weighted by Crippen LogP contribution is 2.43. The zero-order valence-corrected chi connectivity index (χ0v) is 19.4. The molecule has 0 spiro atoms. The van der Waals surface area contributed by atoms with Crippen molar-refractivity contribution in [1.82, 2.24) is 9.55 Å². The van der Waals surface area contributed by atoms with Crippen molar-refractivity contribution in [3.63, 3.8) is 0 Å². The number of anilines is 1. The Labute approximate surface area is 199 Å². The molecule has 1 atom stereocenters. The van der Waals surface area contributed by atoms with Gasteiger partial charge in [0.05, 0.1) is 11.7 Å². The Balaban J connectivity index is 1.44. The van der Waals surface area contributed by atoms with Crippen LogP contribution in [0.4, 0.5) is 5.69 Å². The molecule has 3 heterocycles. The molecular weight excluding hydrogens is 454 g/mol. The summed E-state index contributed by atoms with van der Waals surface area (Å²) in [5, 5.41) is 0.0434. The minimum Gasteiger partial charge on any atom is -0.452 e. The Morgan fingerprint density at radius 2 is 1.88 bits per heavy atom. The van der Waals surface area contributed by atoms with Gasteiger partial charge in [-0.2, -0.15) is 0 Å². The van der Waals surface area contributed by atoms with Crippen molar-refractivity contribution in [3.05, 3.63) is 88.2 Å². The number of esters is 1. The Morgan fingerprint density at radius 3 is 2.68 bits per heavy atom. The topological polar surface area (TPSA) is 94.6 Å². The van der Waals surface area contributed by atoms with E-state index in [9.17, 15) is 14.4 Å². The van der Waals surface area contributed by atoms with Crippen LogP contribution >= 0.6 is 11.8 Å². The predicted octanol–water partition coefficient (Wildman–Crippen LogP) is 3.87. The average molecular weight is 476 g/mol. The number of ether oxygens (including phenoxy) is 1. The van der Waals surface area contributed by atoms with E-state index >= 15 is 0 Å². The summed E-state index contributed by atoms with van der Waals surface area (Å²) in [6.45, 7) is 1.08. The van der Waals surface area contributed by atoms with Crippen LogP contribution in [0.3, 0.4) is 0 Å². The van der Waals surface area contributed by atoms with E-state index in [1.54, 1.807) is 23.6 Å². The van der Waals surface area contributed by atoms with Gasteiger partial charge in [-0.05, 0) is 24.6 Å². The zero-order valence-electron chi connectivity index (χ0n) is 18.6. The first kappa shape index (κ1) is 22.0. The van der Waals surface area contributed by atoms with Crippen LogP contribution in [-0.2, 0) is 16.6 Å². The van der Waals surface area contributed by atoms with Crippen molar-refractivity contribution < 1.29 is 18.7 Å². The minimum absolute atomic E-state index is 0.00860. The standard InChI is InChI=1S/C25H21N3O5S/c1-15-21(22-23(33-15)26-14-27(2)24(22)30)25(31)32-12-20(29)28-17-10-6-7-11-19(17)34-13-18(28)16-8-4-3-5-9-16/h3-11,14,18H,12-13H2,1-2H3. The normalized spacial score (nSPS) is 15.2. The van der Waals surface area contributed by atoms with Gasteiger partial charge in [0.25, 0.3) is 11.5 Å². The van der Waals surface area contributed by atoms with Gasteiger partial charge in [0, 0.05) is 17.7 Å². The molecule has 8 nitrogen and oxygen atoms in total. The molecule has 0 fully saturated rings. The number of aromatic nitrogens is 2. The van der Waals surface area contributed by atoms with Gasteiger partial charge in [-0.15, -0.1) is 11.8 Å². The van der Waals surface area contributed by atoms with Gasteiger partial charge in [0.15, 0.2) is 6.61 Å². The maximum atomic E-state index is 13.4. The Morgan fingerprint density at radius 1 is 1.15 bits per heavy atom. The molecule has 9 heteroatoms. The maximum Gasteiger partial charge on any atom is 0.343 e. The second kappa shape index (κ2) is 8.83. The van der Waals surface area contributed by atoms with Gasteiger partial charge in [-0.3, -0.25) is 14.5 Å². The summed E-state index contributed by atoms with van der Waals surface area (Å²) in [4.78, 5) is 45.7. The van der Waals surface area contributed by atoms with Crippen LogP contribution in [0.15, 0.2) is 75.0 Å². The van der Waals surface area contributed by atoms with Crippen LogP contribution in [0.2, 0.25) is 0 Å². The highest BCUT2D eigenvalue weighted by Gasteiger charge is 2.33. The largest absolute Gasteiger partial charge is 0.452 e. The van der Waals surface area contributed by atoms with Crippen LogP contribution in [0.5, 0.6) is 0 Å². The van der Waals surface area contributed by atoms with Gasteiger partial charge >= 0.3 is 5.97 Å². The molecule has 1 amide bonds. The van der Waals surface area contributed by atoms with Gasteiger partial charge in [0.1, 0.15) is 23.0 Å². The van der Waals surface area contributed by atoms with E-state index in [-0.39, 0.29) is 34.4 Å². The number of thioether (sulfide) groups is 1. The first-order valence-electron chi connectivity index (χ1n) is 10.7. The fourth-order valence-corrected chi connectivity index (χ4v) is 5.29. The summed E-state index contributed by atoms with van der Waals surface area (Å²) in [6.07, 6.45) is 1.32. The summed E-state index contributed by atoms with van der Waals surface area (Å²) in [5.74, 6) is -0.268. The molecule has 1 aliphatic heterocycles. The highest BCUT2D eigenvalue weighted by atomic mass is 32.2. The van der Waals surface area contributed by atoms with Crippen molar-refractivity contribution in [2.75, 3.05) is 17.3 Å². The van der Waals surface area contributed by atoms with E-state index in [0.29, 0.717) is 5.75 Å². The second-order valence-electron chi connectivity index (χ2n) is 7.92. The molecule has 0 radical (unpaired) electrons. The molecule has 0 saturated heterocycles. The third-order valence-corrected chi connectivity index (χ3v) is 6.90. The maximum absolute atomic E-state index is 13.4.